The van der Waals surface area contributed by atoms with Crippen LogP contribution in [0.25, 0.3) is 0 Å². The molecule has 0 radical (unpaired) electrons. The van der Waals surface area contributed by atoms with Crippen molar-refractivity contribution in [2.75, 3.05) is 18.1 Å². The molecule has 4 nitrogen and oxygen atoms in total. The van der Waals surface area contributed by atoms with Gasteiger partial charge in [-0.1, -0.05) is 29.8 Å². The summed E-state index contributed by atoms with van der Waals surface area (Å²) in [6, 6.07) is 14.4. The molecule has 0 bridgehead atoms. The van der Waals surface area contributed by atoms with Gasteiger partial charge < -0.3 is 9.64 Å². The molecule has 0 saturated carbocycles. The molecule has 0 unspecified atom stereocenters. The van der Waals surface area contributed by atoms with Crippen molar-refractivity contribution in [1.82, 2.24) is 0 Å². The minimum atomic E-state index is -0.0583. The highest BCUT2D eigenvalue weighted by atomic mass is 35.5. The first-order valence-electron chi connectivity index (χ1n) is 7.46. The summed E-state index contributed by atoms with van der Waals surface area (Å²) >= 11 is 5.95. The van der Waals surface area contributed by atoms with E-state index < -0.39 is 0 Å². The number of halogens is 1. The van der Waals surface area contributed by atoms with Crippen LogP contribution in [0.15, 0.2) is 48.5 Å². The number of fused-ring (bicyclic) bond motifs is 1. The van der Waals surface area contributed by atoms with Crippen molar-refractivity contribution < 1.29 is 14.3 Å². The van der Waals surface area contributed by atoms with Crippen molar-refractivity contribution in [2.24, 2.45) is 0 Å². The molecule has 0 aliphatic carbocycles. The van der Waals surface area contributed by atoms with Crippen LogP contribution in [0.3, 0.4) is 0 Å². The van der Waals surface area contributed by atoms with Gasteiger partial charge in [-0.15, -0.1) is 0 Å². The van der Waals surface area contributed by atoms with E-state index in [1.54, 1.807) is 23.1 Å². The minimum Gasteiger partial charge on any atom is -0.493 e. The van der Waals surface area contributed by atoms with E-state index >= 15 is 0 Å². The molecular formula is C18H16ClNO3. The molecule has 1 aliphatic heterocycles. The van der Waals surface area contributed by atoms with Gasteiger partial charge in [-0.3, -0.25) is 9.59 Å². The molecule has 118 valence electrons. The first-order valence-corrected chi connectivity index (χ1v) is 7.84. The second-order valence-corrected chi connectivity index (χ2v) is 5.73. The van der Waals surface area contributed by atoms with E-state index in [9.17, 15) is 9.59 Å². The maximum atomic E-state index is 12.4. The Morgan fingerprint density at radius 1 is 1.17 bits per heavy atom. The van der Waals surface area contributed by atoms with Crippen LogP contribution in [0.1, 0.15) is 23.2 Å². The lowest BCUT2D eigenvalue weighted by atomic mass is 10.00. The summed E-state index contributed by atoms with van der Waals surface area (Å²) in [5.41, 5.74) is 1.15. The molecule has 2 aromatic carbocycles. The second kappa shape index (κ2) is 6.84. The van der Waals surface area contributed by atoms with E-state index in [0.29, 0.717) is 35.8 Å². The monoisotopic (exact) mass is 329 g/mol. The Bertz CT molecular complexity index is 730. The van der Waals surface area contributed by atoms with Crippen molar-refractivity contribution in [3.05, 3.63) is 59.1 Å². The topological polar surface area (TPSA) is 46.6 Å². The molecule has 0 N–H and O–H groups in total. The van der Waals surface area contributed by atoms with Crippen molar-refractivity contribution in [3.63, 3.8) is 0 Å². The summed E-state index contributed by atoms with van der Waals surface area (Å²) in [6.07, 6.45) is 0.573. The quantitative estimate of drug-likeness (QED) is 0.858. The maximum absolute atomic E-state index is 12.4. The number of carbonyl (C=O) groups is 2. The molecule has 2 aromatic rings. The van der Waals surface area contributed by atoms with Gasteiger partial charge in [-0.05, 0) is 30.3 Å². The summed E-state index contributed by atoms with van der Waals surface area (Å²) in [4.78, 5) is 26.1. The summed E-state index contributed by atoms with van der Waals surface area (Å²) < 4.78 is 5.56. The van der Waals surface area contributed by atoms with Gasteiger partial charge in [0.25, 0.3) is 0 Å². The average molecular weight is 330 g/mol. The zero-order valence-electron chi connectivity index (χ0n) is 12.5. The van der Waals surface area contributed by atoms with Gasteiger partial charge in [0, 0.05) is 23.6 Å². The highest BCUT2D eigenvalue weighted by Gasteiger charge is 2.27. The SMILES string of the molecule is O=C1CCN(C(=O)CCOc2ccccc2)c2ccc(Cl)cc21. The first-order chi connectivity index (χ1) is 11.1. The number of carbonyl (C=O) groups excluding carboxylic acids is 2. The van der Waals surface area contributed by atoms with E-state index in [1.165, 1.54) is 0 Å². The van der Waals surface area contributed by atoms with Crippen molar-refractivity contribution in [1.29, 1.82) is 0 Å². The van der Waals surface area contributed by atoms with Gasteiger partial charge in [0.1, 0.15) is 5.75 Å². The van der Waals surface area contributed by atoms with E-state index in [1.807, 2.05) is 30.3 Å². The summed E-state index contributed by atoms with van der Waals surface area (Å²) in [7, 11) is 0. The fourth-order valence-corrected chi connectivity index (χ4v) is 2.77. The molecule has 0 aromatic heterocycles. The number of amides is 1. The van der Waals surface area contributed by atoms with E-state index in [0.717, 1.165) is 5.75 Å². The van der Waals surface area contributed by atoms with Gasteiger partial charge in [0.2, 0.25) is 5.91 Å². The standard InChI is InChI=1S/C18H16ClNO3/c19-13-6-7-16-15(12-13)17(21)8-10-20(16)18(22)9-11-23-14-4-2-1-3-5-14/h1-7,12H,8-11H2. The van der Waals surface area contributed by atoms with Crippen LogP contribution in [0.5, 0.6) is 5.75 Å². The normalized spacial score (nSPS) is 13.6. The minimum absolute atomic E-state index is 0.0204. The Kier molecular flexibility index (Phi) is 4.63. The van der Waals surface area contributed by atoms with Crippen LogP contribution in [0.4, 0.5) is 5.69 Å². The molecule has 1 heterocycles. The molecule has 0 fully saturated rings. The smallest absolute Gasteiger partial charge is 0.230 e. The number of anilines is 1. The van der Waals surface area contributed by atoms with E-state index in [-0.39, 0.29) is 18.1 Å². The number of ketones is 1. The molecule has 0 saturated heterocycles. The Labute approximate surface area is 139 Å². The highest BCUT2D eigenvalue weighted by molar-refractivity contribution is 6.31. The lowest BCUT2D eigenvalue weighted by Gasteiger charge is -2.28. The van der Waals surface area contributed by atoms with Crippen LogP contribution in [0, 0.1) is 0 Å². The third-order valence-corrected chi connectivity index (χ3v) is 3.98. The van der Waals surface area contributed by atoms with Crippen LogP contribution < -0.4 is 9.64 Å². The predicted molar refractivity (Wildman–Crippen MR) is 89.3 cm³/mol. The van der Waals surface area contributed by atoms with Crippen molar-refractivity contribution in [2.45, 2.75) is 12.8 Å². The van der Waals surface area contributed by atoms with Crippen molar-refractivity contribution in [3.8, 4) is 5.75 Å². The zero-order chi connectivity index (χ0) is 16.2. The lowest BCUT2D eigenvalue weighted by molar-refractivity contribution is -0.119. The molecule has 1 aliphatic rings. The molecule has 0 spiro atoms. The van der Waals surface area contributed by atoms with Crippen LogP contribution in [-0.4, -0.2) is 24.8 Å². The third kappa shape index (κ3) is 3.54. The molecule has 3 rings (SSSR count). The number of Topliss-reactive ketones (excluding diaryl/α,β-unsaturated/α-hetero) is 1. The maximum Gasteiger partial charge on any atom is 0.230 e. The summed E-state index contributed by atoms with van der Waals surface area (Å²) in [5, 5.41) is 0.499. The summed E-state index contributed by atoms with van der Waals surface area (Å²) in [5.74, 6) is 0.699. The van der Waals surface area contributed by atoms with E-state index in [2.05, 4.69) is 0 Å². The third-order valence-electron chi connectivity index (χ3n) is 3.74. The number of para-hydroxylation sites is 1. The van der Waals surface area contributed by atoms with Crippen LogP contribution >= 0.6 is 11.6 Å². The van der Waals surface area contributed by atoms with Crippen molar-refractivity contribution >= 4 is 29.0 Å². The molecule has 1 amide bonds. The Hall–Kier alpha value is -2.33. The molecular weight excluding hydrogens is 314 g/mol. The number of hydrogen-bond donors (Lipinski definition) is 0. The lowest BCUT2D eigenvalue weighted by Crippen LogP contribution is -2.38. The number of hydrogen-bond acceptors (Lipinski definition) is 3. The Balaban J connectivity index is 1.66. The van der Waals surface area contributed by atoms with Gasteiger partial charge in [0.15, 0.2) is 5.78 Å². The Morgan fingerprint density at radius 3 is 2.74 bits per heavy atom. The molecule has 5 heteroatoms. The number of benzene rings is 2. The summed E-state index contributed by atoms with van der Waals surface area (Å²) in [6.45, 7) is 0.702. The van der Waals surface area contributed by atoms with Crippen LogP contribution in [0.2, 0.25) is 5.02 Å². The zero-order valence-corrected chi connectivity index (χ0v) is 13.3. The van der Waals surface area contributed by atoms with Gasteiger partial charge in [-0.25, -0.2) is 0 Å². The van der Waals surface area contributed by atoms with E-state index in [4.69, 9.17) is 16.3 Å². The average Bonchev–Trinajstić information content (AvgIpc) is 2.56. The van der Waals surface area contributed by atoms with Gasteiger partial charge >= 0.3 is 0 Å². The van der Waals surface area contributed by atoms with Crippen LogP contribution in [-0.2, 0) is 4.79 Å². The molecule has 23 heavy (non-hydrogen) atoms. The fourth-order valence-electron chi connectivity index (χ4n) is 2.60. The Morgan fingerprint density at radius 2 is 1.96 bits per heavy atom. The highest BCUT2D eigenvalue weighted by Crippen LogP contribution is 2.30. The molecule has 0 atom stereocenters. The van der Waals surface area contributed by atoms with Gasteiger partial charge in [0.05, 0.1) is 18.7 Å². The fraction of sp³-hybridized carbons (Fsp3) is 0.222. The van der Waals surface area contributed by atoms with Gasteiger partial charge in [-0.2, -0.15) is 0 Å². The largest absolute Gasteiger partial charge is 0.493 e. The predicted octanol–water partition coefficient (Wildman–Crippen LogP) is 3.73. The number of nitrogens with zero attached hydrogens (tertiary/aromatic N) is 1. The first kappa shape index (κ1) is 15.6. The second-order valence-electron chi connectivity index (χ2n) is 5.29. The number of rotatable bonds is 4. The number of ether oxygens (including phenoxy) is 1.